The van der Waals surface area contributed by atoms with Gasteiger partial charge < -0.3 is 15.1 Å². The van der Waals surface area contributed by atoms with Gasteiger partial charge in [-0.3, -0.25) is 0 Å². The molecule has 0 spiro atoms. The zero-order chi connectivity index (χ0) is 6.53. The molecule has 9 heavy (non-hydrogen) atoms. The molecule has 0 saturated carbocycles. The molecule has 1 rings (SSSR count). The molecule has 0 fully saturated rings. The lowest BCUT2D eigenvalue weighted by molar-refractivity contribution is 0.557. The Kier molecular flexibility index (Phi) is 1.93. The molecule has 1 N–H and O–H groups in total. The van der Waals surface area contributed by atoms with Gasteiger partial charge in [-0.05, 0) is 24.4 Å². The Labute approximate surface area is 52.6 Å². The molecule has 48 valence electrons. The summed E-state index contributed by atoms with van der Waals surface area (Å²) in [6, 6.07) is 3.51. The minimum absolute atomic E-state index is 0.665. The molecule has 0 amide bonds. The summed E-state index contributed by atoms with van der Waals surface area (Å²) in [4.78, 5) is 0. The van der Waals surface area contributed by atoms with E-state index in [4.69, 9.17) is 4.42 Å². The van der Waals surface area contributed by atoms with Crippen LogP contribution in [-0.2, 0) is 0 Å². The maximum absolute atomic E-state index is 9.65. The molecule has 0 unspecified atom stereocenters. The van der Waals surface area contributed by atoms with Crippen molar-refractivity contribution in [2.45, 2.75) is 0 Å². The number of furan rings is 1. The van der Waals surface area contributed by atoms with E-state index in [2.05, 4.69) is 0 Å². The molecule has 0 aliphatic heterocycles. The number of hydroxylamine groups is 1. The summed E-state index contributed by atoms with van der Waals surface area (Å²) in [5.74, 6) is 0.665. The molecule has 0 saturated heterocycles. The third kappa shape index (κ3) is 1.62. The van der Waals surface area contributed by atoms with Crippen molar-refractivity contribution in [2.24, 2.45) is 0 Å². The summed E-state index contributed by atoms with van der Waals surface area (Å²) in [5.41, 5.74) is 1.62. The highest BCUT2D eigenvalue weighted by molar-refractivity contribution is 5.41. The van der Waals surface area contributed by atoms with Gasteiger partial charge in [0.15, 0.2) is 0 Å². The van der Waals surface area contributed by atoms with Crippen LogP contribution in [-0.4, -0.2) is 0 Å². The van der Waals surface area contributed by atoms with E-state index in [0.717, 1.165) is 0 Å². The van der Waals surface area contributed by atoms with E-state index in [0.29, 0.717) is 5.76 Å². The zero-order valence-corrected chi connectivity index (χ0v) is 4.70. The monoisotopic (exact) mass is 124 g/mol. The van der Waals surface area contributed by atoms with E-state index in [1.165, 1.54) is 6.20 Å². The Morgan fingerprint density at radius 3 is 3.11 bits per heavy atom. The maximum atomic E-state index is 9.65. The smallest absolute Gasteiger partial charge is 0.128 e. The van der Waals surface area contributed by atoms with Crippen molar-refractivity contribution >= 4 is 6.08 Å². The summed E-state index contributed by atoms with van der Waals surface area (Å²) >= 11 is 0. The molecular formula is C6H6NO2-. The second-order valence-electron chi connectivity index (χ2n) is 1.47. The molecule has 1 aromatic rings. The van der Waals surface area contributed by atoms with Crippen LogP contribution >= 0.6 is 0 Å². The van der Waals surface area contributed by atoms with Gasteiger partial charge >= 0.3 is 0 Å². The van der Waals surface area contributed by atoms with Gasteiger partial charge in [0.05, 0.1) is 6.26 Å². The van der Waals surface area contributed by atoms with Gasteiger partial charge in [0, 0.05) is 0 Å². The van der Waals surface area contributed by atoms with E-state index in [1.807, 2.05) is 0 Å². The summed E-state index contributed by atoms with van der Waals surface area (Å²) in [6.45, 7) is 0. The van der Waals surface area contributed by atoms with Crippen molar-refractivity contribution in [2.75, 3.05) is 0 Å². The van der Waals surface area contributed by atoms with Crippen molar-refractivity contribution < 1.29 is 4.42 Å². The predicted molar refractivity (Wildman–Crippen MR) is 34.2 cm³/mol. The SMILES string of the molecule is [O-]NC=Cc1ccco1. The van der Waals surface area contributed by atoms with E-state index in [1.54, 1.807) is 30.0 Å². The second-order valence-corrected chi connectivity index (χ2v) is 1.47. The van der Waals surface area contributed by atoms with Crippen LogP contribution in [0, 0.1) is 5.21 Å². The lowest BCUT2D eigenvalue weighted by Crippen LogP contribution is -1.85. The normalized spacial score (nSPS) is 10.3. The minimum Gasteiger partial charge on any atom is -0.761 e. The van der Waals surface area contributed by atoms with Crippen molar-refractivity contribution in [3.63, 3.8) is 0 Å². The second kappa shape index (κ2) is 2.94. The van der Waals surface area contributed by atoms with E-state index in [-0.39, 0.29) is 0 Å². The third-order valence-electron chi connectivity index (χ3n) is 0.859. The Bertz CT molecular complexity index is 179. The highest BCUT2D eigenvalue weighted by Gasteiger charge is 1.82. The topological polar surface area (TPSA) is 48.2 Å². The molecule has 1 heterocycles. The molecule has 0 radical (unpaired) electrons. The Hall–Kier alpha value is -1.22. The van der Waals surface area contributed by atoms with Gasteiger partial charge in [0.2, 0.25) is 0 Å². The fraction of sp³-hybridized carbons (Fsp3) is 0. The summed E-state index contributed by atoms with van der Waals surface area (Å²) in [7, 11) is 0. The van der Waals surface area contributed by atoms with Crippen molar-refractivity contribution in [3.8, 4) is 0 Å². The Morgan fingerprint density at radius 1 is 1.67 bits per heavy atom. The molecular weight excluding hydrogens is 118 g/mol. The molecule has 3 nitrogen and oxygen atoms in total. The molecule has 0 aliphatic rings. The zero-order valence-electron chi connectivity index (χ0n) is 4.70. The lowest BCUT2D eigenvalue weighted by Gasteiger charge is -1.96. The predicted octanol–water partition coefficient (Wildman–Crippen LogP) is 1.34. The van der Waals surface area contributed by atoms with Crippen LogP contribution in [0.1, 0.15) is 5.76 Å². The van der Waals surface area contributed by atoms with Gasteiger partial charge in [-0.1, -0.05) is 0 Å². The van der Waals surface area contributed by atoms with Crippen LogP contribution in [0.2, 0.25) is 0 Å². The fourth-order valence-corrected chi connectivity index (χ4v) is 0.502. The first-order chi connectivity index (χ1) is 4.43. The number of nitrogens with one attached hydrogen (secondary N) is 1. The molecule has 0 aromatic carbocycles. The molecule has 0 bridgehead atoms. The first-order valence-electron chi connectivity index (χ1n) is 2.51. The number of hydrogen-bond donors (Lipinski definition) is 1. The Balaban J connectivity index is 2.57. The Morgan fingerprint density at radius 2 is 2.56 bits per heavy atom. The van der Waals surface area contributed by atoms with Gasteiger partial charge in [0.25, 0.3) is 0 Å². The molecule has 1 aromatic heterocycles. The van der Waals surface area contributed by atoms with Crippen molar-refractivity contribution in [1.29, 1.82) is 0 Å². The van der Waals surface area contributed by atoms with Gasteiger partial charge in [-0.25, -0.2) is 0 Å². The largest absolute Gasteiger partial charge is 0.761 e. The first-order valence-corrected chi connectivity index (χ1v) is 2.51. The summed E-state index contributed by atoms with van der Waals surface area (Å²) in [5, 5.41) is 9.65. The quantitative estimate of drug-likeness (QED) is 0.605. The highest BCUT2D eigenvalue weighted by Crippen LogP contribution is 2.00. The standard InChI is InChI=1S/C6H6NO2/c8-7-4-3-6-2-1-5-9-6/h1-5,7H/q-1. The van der Waals surface area contributed by atoms with Crippen LogP contribution in [0.15, 0.2) is 29.0 Å². The van der Waals surface area contributed by atoms with Crippen LogP contribution in [0.25, 0.3) is 6.08 Å². The van der Waals surface area contributed by atoms with Crippen molar-refractivity contribution in [3.05, 3.63) is 35.6 Å². The van der Waals surface area contributed by atoms with Crippen LogP contribution < -0.4 is 5.48 Å². The van der Waals surface area contributed by atoms with Gasteiger partial charge in [0.1, 0.15) is 5.76 Å². The number of hydrogen-bond acceptors (Lipinski definition) is 3. The van der Waals surface area contributed by atoms with Gasteiger partial charge in [-0.2, -0.15) is 0 Å². The maximum Gasteiger partial charge on any atom is 0.128 e. The van der Waals surface area contributed by atoms with E-state index in [9.17, 15) is 5.21 Å². The van der Waals surface area contributed by atoms with E-state index >= 15 is 0 Å². The number of rotatable bonds is 2. The lowest BCUT2D eigenvalue weighted by atomic mass is 10.4. The average molecular weight is 124 g/mol. The summed E-state index contributed by atoms with van der Waals surface area (Å²) < 4.78 is 4.87. The average Bonchev–Trinajstić information content (AvgIpc) is 2.34. The molecule has 3 heteroatoms. The molecule has 0 aliphatic carbocycles. The molecule has 0 atom stereocenters. The van der Waals surface area contributed by atoms with Crippen LogP contribution in [0.5, 0.6) is 0 Å². The van der Waals surface area contributed by atoms with Crippen LogP contribution in [0.3, 0.4) is 0 Å². The highest BCUT2D eigenvalue weighted by atomic mass is 16.5. The fourth-order valence-electron chi connectivity index (χ4n) is 0.502. The van der Waals surface area contributed by atoms with Crippen molar-refractivity contribution in [1.82, 2.24) is 5.48 Å². The van der Waals surface area contributed by atoms with Crippen LogP contribution in [0.4, 0.5) is 0 Å². The minimum atomic E-state index is 0.665. The van der Waals surface area contributed by atoms with E-state index < -0.39 is 0 Å². The first kappa shape index (κ1) is 5.91. The summed E-state index contributed by atoms with van der Waals surface area (Å²) in [6.07, 6.45) is 4.36. The third-order valence-corrected chi connectivity index (χ3v) is 0.859. The van der Waals surface area contributed by atoms with Gasteiger partial charge in [-0.15, -0.1) is 0 Å².